The van der Waals surface area contributed by atoms with E-state index in [0.717, 1.165) is 6.42 Å². The molecule has 0 fully saturated rings. The largest absolute Gasteiger partial charge is 0.122 e. The second-order valence-electron chi connectivity index (χ2n) is 5.07. The predicted octanol–water partition coefficient (Wildman–Crippen LogP) is 6.06. The van der Waals surface area contributed by atoms with Gasteiger partial charge in [0.2, 0.25) is 0 Å². The van der Waals surface area contributed by atoms with Gasteiger partial charge in [0.05, 0.1) is 0 Å². The van der Waals surface area contributed by atoms with Gasteiger partial charge in [-0.15, -0.1) is 11.6 Å². The summed E-state index contributed by atoms with van der Waals surface area (Å²) < 4.78 is 0. The molecule has 0 amide bonds. The van der Waals surface area contributed by atoms with Crippen LogP contribution in [0.2, 0.25) is 0 Å². The first kappa shape index (κ1) is 15.3. The first-order valence-electron chi connectivity index (χ1n) is 7.01. The summed E-state index contributed by atoms with van der Waals surface area (Å²) in [5, 5.41) is 0. The van der Waals surface area contributed by atoms with Crippen LogP contribution in [0.15, 0.2) is 36.4 Å². The van der Waals surface area contributed by atoms with E-state index < -0.39 is 0 Å². The Balaban J connectivity index is 2.46. The summed E-state index contributed by atoms with van der Waals surface area (Å²) in [5.74, 6) is 1.04. The Bertz CT molecular complexity index is 350. The van der Waals surface area contributed by atoms with Gasteiger partial charge in [0.15, 0.2) is 0 Å². The fourth-order valence-corrected chi connectivity index (χ4v) is 2.30. The number of hydrogen-bond acceptors (Lipinski definition) is 0. The first-order chi connectivity index (χ1) is 8.69. The number of benzene rings is 1. The lowest BCUT2D eigenvalue weighted by Gasteiger charge is -2.15. The van der Waals surface area contributed by atoms with Crippen molar-refractivity contribution in [2.45, 2.75) is 57.7 Å². The van der Waals surface area contributed by atoms with Crippen LogP contribution in [0.1, 0.15) is 63.0 Å². The van der Waals surface area contributed by atoms with Crippen molar-refractivity contribution >= 4 is 11.6 Å². The lowest BCUT2D eigenvalue weighted by molar-refractivity contribution is 0.647. The van der Waals surface area contributed by atoms with E-state index in [-0.39, 0.29) is 0 Å². The van der Waals surface area contributed by atoms with Gasteiger partial charge >= 0.3 is 0 Å². The van der Waals surface area contributed by atoms with E-state index in [1.165, 1.54) is 42.4 Å². The highest BCUT2D eigenvalue weighted by molar-refractivity contribution is 6.17. The molecule has 0 aromatic heterocycles. The smallest absolute Gasteiger partial charge is 0.0474 e. The zero-order valence-corrected chi connectivity index (χ0v) is 12.5. The van der Waals surface area contributed by atoms with Crippen molar-refractivity contribution in [1.29, 1.82) is 0 Å². The Morgan fingerprint density at radius 1 is 1.17 bits per heavy atom. The summed E-state index contributed by atoms with van der Waals surface area (Å²) in [4.78, 5) is 0. The molecule has 100 valence electrons. The zero-order chi connectivity index (χ0) is 13.4. The molecule has 18 heavy (non-hydrogen) atoms. The van der Waals surface area contributed by atoms with Crippen LogP contribution in [0.5, 0.6) is 0 Å². The average molecular weight is 265 g/mol. The van der Waals surface area contributed by atoms with Crippen LogP contribution in [0, 0.1) is 0 Å². The van der Waals surface area contributed by atoms with E-state index >= 15 is 0 Å². The summed E-state index contributed by atoms with van der Waals surface area (Å²) >= 11 is 5.80. The molecule has 1 rings (SSSR count). The first-order valence-corrected chi connectivity index (χ1v) is 7.55. The molecule has 0 heterocycles. The molecule has 1 aromatic rings. The molecule has 0 nitrogen and oxygen atoms in total. The normalized spacial score (nSPS) is 12.4. The number of alkyl halides is 1. The van der Waals surface area contributed by atoms with Crippen LogP contribution >= 0.6 is 11.6 Å². The van der Waals surface area contributed by atoms with Gasteiger partial charge in [-0.3, -0.25) is 0 Å². The minimum atomic E-state index is 0.455. The number of allylic oxidation sites excluding steroid dienone is 1. The van der Waals surface area contributed by atoms with Crippen LogP contribution in [-0.2, 0) is 5.88 Å². The molecule has 0 saturated carbocycles. The van der Waals surface area contributed by atoms with E-state index in [9.17, 15) is 0 Å². The molecule has 0 bridgehead atoms. The van der Waals surface area contributed by atoms with Crippen molar-refractivity contribution in [3.8, 4) is 0 Å². The monoisotopic (exact) mass is 264 g/mol. The van der Waals surface area contributed by atoms with Gasteiger partial charge in [0.25, 0.3) is 0 Å². The van der Waals surface area contributed by atoms with Crippen molar-refractivity contribution < 1.29 is 0 Å². The van der Waals surface area contributed by atoms with Crippen molar-refractivity contribution in [3.05, 3.63) is 47.5 Å². The van der Waals surface area contributed by atoms with E-state index in [0.29, 0.717) is 11.8 Å². The molecule has 0 aliphatic carbocycles. The van der Waals surface area contributed by atoms with Crippen LogP contribution in [0.3, 0.4) is 0 Å². The lowest BCUT2D eigenvalue weighted by Crippen LogP contribution is -1.97. The molecule has 0 aliphatic rings. The molecular weight excluding hydrogens is 240 g/mol. The maximum atomic E-state index is 5.80. The van der Waals surface area contributed by atoms with Gasteiger partial charge in [0.1, 0.15) is 0 Å². The SMILES string of the molecule is C=C(CCCCCC)C(C)c1ccc(CCl)cc1. The molecule has 0 saturated heterocycles. The number of unbranched alkanes of at least 4 members (excludes halogenated alkanes) is 3. The predicted molar refractivity (Wildman–Crippen MR) is 82.3 cm³/mol. The highest BCUT2D eigenvalue weighted by Gasteiger charge is 2.09. The summed E-state index contributed by atoms with van der Waals surface area (Å²) in [6, 6.07) is 8.59. The number of hydrogen-bond donors (Lipinski definition) is 0. The highest BCUT2D eigenvalue weighted by atomic mass is 35.5. The fourth-order valence-electron chi connectivity index (χ4n) is 2.13. The minimum Gasteiger partial charge on any atom is -0.122 e. The minimum absolute atomic E-state index is 0.455. The van der Waals surface area contributed by atoms with Crippen LogP contribution < -0.4 is 0 Å². The van der Waals surface area contributed by atoms with Gasteiger partial charge in [-0.05, 0) is 24.0 Å². The zero-order valence-electron chi connectivity index (χ0n) is 11.7. The molecule has 1 aromatic carbocycles. The molecule has 1 heteroatoms. The van der Waals surface area contributed by atoms with Gasteiger partial charge in [0, 0.05) is 11.8 Å². The standard InChI is InChI=1S/C17H25Cl/c1-4-5-6-7-8-14(2)15(3)17-11-9-16(13-18)10-12-17/h9-12,15H,2,4-8,13H2,1,3H3. The molecule has 1 atom stereocenters. The third kappa shape index (κ3) is 4.86. The molecule has 0 radical (unpaired) electrons. The molecule has 1 unspecified atom stereocenters. The van der Waals surface area contributed by atoms with E-state index in [4.69, 9.17) is 11.6 Å². The Morgan fingerprint density at radius 2 is 1.83 bits per heavy atom. The Morgan fingerprint density at radius 3 is 2.39 bits per heavy atom. The second-order valence-corrected chi connectivity index (χ2v) is 5.33. The molecule has 0 N–H and O–H groups in total. The Kier molecular flexibility index (Phi) is 7.12. The fraction of sp³-hybridized carbons (Fsp3) is 0.529. The number of rotatable bonds is 8. The quantitative estimate of drug-likeness (QED) is 0.304. The summed E-state index contributed by atoms with van der Waals surface area (Å²) in [6.07, 6.45) is 6.39. The summed E-state index contributed by atoms with van der Waals surface area (Å²) in [5.41, 5.74) is 3.88. The van der Waals surface area contributed by atoms with E-state index in [2.05, 4.69) is 44.7 Å². The van der Waals surface area contributed by atoms with Gasteiger partial charge in [-0.2, -0.15) is 0 Å². The van der Waals surface area contributed by atoms with Crippen LogP contribution in [0.4, 0.5) is 0 Å². The van der Waals surface area contributed by atoms with E-state index in [1.807, 2.05) is 0 Å². The summed E-state index contributed by atoms with van der Waals surface area (Å²) in [6.45, 7) is 8.74. The van der Waals surface area contributed by atoms with Gasteiger partial charge < -0.3 is 0 Å². The average Bonchev–Trinajstić information content (AvgIpc) is 2.42. The third-order valence-electron chi connectivity index (χ3n) is 3.60. The van der Waals surface area contributed by atoms with E-state index in [1.54, 1.807) is 0 Å². The van der Waals surface area contributed by atoms with Crippen molar-refractivity contribution in [2.24, 2.45) is 0 Å². The van der Waals surface area contributed by atoms with Crippen LogP contribution in [-0.4, -0.2) is 0 Å². The van der Waals surface area contributed by atoms with Crippen molar-refractivity contribution in [3.63, 3.8) is 0 Å². The Hall–Kier alpha value is -0.750. The maximum absolute atomic E-state index is 5.80. The Labute approximate surface area is 117 Å². The molecule has 0 aliphatic heterocycles. The topological polar surface area (TPSA) is 0 Å². The summed E-state index contributed by atoms with van der Waals surface area (Å²) in [7, 11) is 0. The lowest BCUT2D eigenvalue weighted by atomic mass is 9.90. The second kappa shape index (κ2) is 8.37. The van der Waals surface area contributed by atoms with Gasteiger partial charge in [-0.1, -0.05) is 69.5 Å². The molecule has 0 spiro atoms. The van der Waals surface area contributed by atoms with Crippen LogP contribution in [0.25, 0.3) is 0 Å². The van der Waals surface area contributed by atoms with Crippen molar-refractivity contribution in [2.75, 3.05) is 0 Å². The molecular formula is C17H25Cl. The maximum Gasteiger partial charge on any atom is 0.0474 e. The highest BCUT2D eigenvalue weighted by Crippen LogP contribution is 2.26. The van der Waals surface area contributed by atoms with Crippen molar-refractivity contribution in [1.82, 2.24) is 0 Å². The number of halogens is 1. The van der Waals surface area contributed by atoms with Gasteiger partial charge in [-0.25, -0.2) is 0 Å². The third-order valence-corrected chi connectivity index (χ3v) is 3.91.